The Balaban J connectivity index is 1.98. The minimum atomic E-state index is -0.595. The molecule has 0 unspecified atom stereocenters. The van der Waals surface area contributed by atoms with Crippen LogP contribution in [0, 0.1) is 24.0 Å². The molecule has 0 radical (unpaired) electrons. The first-order valence-electron chi connectivity index (χ1n) is 9.29. The molecule has 0 spiro atoms. The molecule has 0 aliphatic carbocycles. The van der Waals surface area contributed by atoms with Crippen LogP contribution in [0.15, 0.2) is 24.3 Å². The molecule has 1 aromatic carbocycles. The summed E-state index contributed by atoms with van der Waals surface area (Å²) in [6.07, 6.45) is 0.757. The molecule has 1 amide bonds. The molecule has 0 fully saturated rings. The summed E-state index contributed by atoms with van der Waals surface area (Å²) < 4.78 is 6.62. The van der Waals surface area contributed by atoms with Gasteiger partial charge in [0.25, 0.3) is 5.91 Å². The van der Waals surface area contributed by atoms with Crippen LogP contribution in [0.5, 0.6) is 0 Å². The number of hydrogen-bond donors (Lipinski definition) is 1. The highest BCUT2D eigenvalue weighted by Crippen LogP contribution is 2.22. The van der Waals surface area contributed by atoms with Gasteiger partial charge in [-0.15, -0.1) is 0 Å². The second kappa shape index (κ2) is 8.85. The fourth-order valence-corrected chi connectivity index (χ4v) is 2.74. The van der Waals surface area contributed by atoms with Gasteiger partial charge in [-0.25, -0.2) is 4.79 Å². The van der Waals surface area contributed by atoms with E-state index in [2.05, 4.69) is 10.4 Å². The summed E-state index contributed by atoms with van der Waals surface area (Å²) in [5.74, 6) is -0.948. The number of nitrogens with one attached hydrogen (secondary N) is 1. The Labute approximate surface area is 169 Å². The fourth-order valence-electron chi connectivity index (χ4n) is 2.74. The Morgan fingerprint density at radius 1 is 1.24 bits per heavy atom. The average molecular weight is 402 g/mol. The van der Waals surface area contributed by atoms with Gasteiger partial charge in [0.2, 0.25) is 0 Å². The number of benzene rings is 1. The molecule has 1 heterocycles. The number of rotatable bonds is 8. The van der Waals surface area contributed by atoms with Gasteiger partial charge in [-0.05, 0) is 51.8 Å². The predicted molar refractivity (Wildman–Crippen MR) is 107 cm³/mol. The summed E-state index contributed by atoms with van der Waals surface area (Å²) >= 11 is 0. The number of nitrogens with zero attached hydrogens (tertiary/aromatic N) is 3. The lowest BCUT2D eigenvalue weighted by atomic mass is 10.0. The lowest BCUT2D eigenvalue weighted by Gasteiger charge is -2.24. The van der Waals surface area contributed by atoms with Crippen LogP contribution in [0.4, 0.5) is 5.69 Å². The summed E-state index contributed by atoms with van der Waals surface area (Å²) in [6, 6.07) is 6.62. The van der Waals surface area contributed by atoms with Gasteiger partial charge in [0.1, 0.15) is 11.4 Å². The van der Waals surface area contributed by atoms with Gasteiger partial charge in [-0.1, -0.05) is 19.1 Å². The summed E-state index contributed by atoms with van der Waals surface area (Å²) in [4.78, 5) is 34.7. The van der Waals surface area contributed by atoms with Gasteiger partial charge in [0.05, 0.1) is 17.0 Å². The zero-order chi connectivity index (χ0) is 21.8. The van der Waals surface area contributed by atoms with Crippen molar-refractivity contribution in [3.8, 4) is 0 Å². The first-order valence-corrected chi connectivity index (χ1v) is 9.29. The minimum absolute atomic E-state index is 0.00900. The molecule has 1 N–H and O–H groups in total. The first kappa shape index (κ1) is 22.1. The van der Waals surface area contributed by atoms with Gasteiger partial charge in [-0.2, -0.15) is 5.10 Å². The van der Waals surface area contributed by atoms with E-state index >= 15 is 0 Å². The maximum Gasteiger partial charge on any atom is 0.338 e. The average Bonchev–Trinajstić information content (AvgIpc) is 2.93. The minimum Gasteiger partial charge on any atom is -0.452 e. The summed E-state index contributed by atoms with van der Waals surface area (Å²) in [7, 11) is 0. The molecule has 0 atom stereocenters. The third-order valence-corrected chi connectivity index (χ3v) is 4.74. The first-order chi connectivity index (χ1) is 13.5. The molecule has 1 aromatic heterocycles. The maximum absolute atomic E-state index is 12.1. The van der Waals surface area contributed by atoms with E-state index in [0.29, 0.717) is 23.5 Å². The summed E-state index contributed by atoms with van der Waals surface area (Å²) in [5, 5.41) is 18.1. The van der Waals surface area contributed by atoms with Crippen LogP contribution in [-0.2, 0) is 16.1 Å². The topological polar surface area (TPSA) is 116 Å². The van der Waals surface area contributed by atoms with E-state index in [1.165, 1.54) is 0 Å². The zero-order valence-electron chi connectivity index (χ0n) is 17.3. The molecule has 0 saturated carbocycles. The van der Waals surface area contributed by atoms with Crippen LogP contribution in [0.25, 0.3) is 0 Å². The number of aryl methyl sites for hydroxylation is 1. The Hall–Kier alpha value is -3.23. The van der Waals surface area contributed by atoms with E-state index in [0.717, 1.165) is 12.0 Å². The number of carbonyl (C=O) groups is 2. The van der Waals surface area contributed by atoms with Crippen molar-refractivity contribution in [2.45, 2.75) is 53.1 Å². The van der Waals surface area contributed by atoms with Crippen molar-refractivity contribution in [1.29, 1.82) is 0 Å². The van der Waals surface area contributed by atoms with Crippen molar-refractivity contribution < 1.29 is 19.2 Å². The van der Waals surface area contributed by atoms with Gasteiger partial charge in [0.15, 0.2) is 6.61 Å². The van der Waals surface area contributed by atoms with E-state index in [1.54, 1.807) is 42.8 Å². The molecule has 156 valence electrons. The Morgan fingerprint density at radius 3 is 2.38 bits per heavy atom. The second-order valence-electron chi connectivity index (χ2n) is 7.49. The highest BCUT2D eigenvalue weighted by atomic mass is 16.6. The van der Waals surface area contributed by atoms with Crippen molar-refractivity contribution >= 4 is 17.6 Å². The molecule has 0 bridgehead atoms. The third kappa shape index (κ3) is 5.63. The van der Waals surface area contributed by atoms with Crippen molar-refractivity contribution in [2.24, 2.45) is 0 Å². The monoisotopic (exact) mass is 402 g/mol. The normalized spacial score (nSPS) is 11.2. The van der Waals surface area contributed by atoms with Crippen LogP contribution < -0.4 is 5.32 Å². The lowest BCUT2D eigenvalue weighted by molar-refractivity contribution is -0.386. The van der Waals surface area contributed by atoms with Gasteiger partial charge in [-0.3, -0.25) is 19.6 Å². The Morgan fingerprint density at radius 2 is 1.86 bits per heavy atom. The van der Waals surface area contributed by atoms with Gasteiger partial charge < -0.3 is 10.1 Å². The molecule has 29 heavy (non-hydrogen) atoms. The molecular formula is C20H26N4O5. The van der Waals surface area contributed by atoms with Crippen molar-refractivity contribution in [3.63, 3.8) is 0 Å². The number of nitro groups is 1. The third-order valence-electron chi connectivity index (χ3n) is 4.74. The largest absolute Gasteiger partial charge is 0.452 e. The van der Waals surface area contributed by atoms with Crippen molar-refractivity contribution in [1.82, 2.24) is 15.1 Å². The highest BCUT2D eigenvalue weighted by molar-refractivity contribution is 5.91. The summed E-state index contributed by atoms with van der Waals surface area (Å²) in [6.45, 7) is 8.97. The fraction of sp³-hybridized carbons (Fsp3) is 0.450. The maximum atomic E-state index is 12.1. The molecule has 2 aromatic rings. The molecular weight excluding hydrogens is 376 g/mol. The molecule has 0 aliphatic heterocycles. The van der Waals surface area contributed by atoms with Crippen molar-refractivity contribution in [2.75, 3.05) is 6.61 Å². The molecule has 9 heteroatoms. The SMILES string of the molecule is CCC(C)(C)NC(=O)COC(=O)c1ccc(Cn2nc(C)c([N+](=O)[O-])c2C)cc1. The van der Waals surface area contributed by atoms with E-state index < -0.39 is 10.9 Å². The zero-order valence-corrected chi connectivity index (χ0v) is 17.3. The van der Waals surface area contributed by atoms with Crippen LogP contribution in [0.1, 0.15) is 54.5 Å². The lowest BCUT2D eigenvalue weighted by Crippen LogP contribution is -2.44. The number of aromatic nitrogens is 2. The van der Waals surface area contributed by atoms with Crippen LogP contribution in [0.3, 0.4) is 0 Å². The standard InChI is InChI=1S/C20H26N4O5/c1-6-20(4,5)21-17(25)12-29-19(26)16-9-7-15(8-10-16)11-23-14(3)18(24(27)28)13(2)22-23/h7-10H,6,11-12H2,1-5H3,(H,21,25). The molecule has 0 saturated heterocycles. The smallest absolute Gasteiger partial charge is 0.338 e. The number of hydrogen-bond acceptors (Lipinski definition) is 6. The molecule has 0 aliphatic rings. The van der Waals surface area contributed by atoms with Crippen LogP contribution in [-0.4, -0.2) is 38.7 Å². The molecule has 2 rings (SSSR count). The number of esters is 1. The van der Waals surface area contributed by atoms with Gasteiger partial charge in [0, 0.05) is 5.54 Å². The highest BCUT2D eigenvalue weighted by Gasteiger charge is 2.22. The van der Waals surface area contributed by atoms with E-state index in [-0.39, 0.29) is 23.7 Å². The second-order valence-corrected chi connectivity index (χ2v) is 7.49. The summed E-state index contributed by atoms with van der Waals surface area (Å²) in [5.41, 5.74) is 1.62. The molecule has 9 nitrogen and oxygen atoms in total. The Kier molecular flexibility index (Phi) is 6.73. The van der Waals surface area contributed by atoms with E-state index in [4.69, 9.17) is 4.74 Å². The van der Waals surface area contributed by atoms with Crippen LogP contribution >= 0.6 is 0 Å². The number of carbonyl (C=O) groups excluding carboxylic acids is 2. The van der Waals surface area contributed by atoms with E-state index in [9.17, 15) is 19.7 Å². The quantitative estimate of drug-likeness (QED) is 0.412. The predicted octanol–water partition coefficient (Wildman–Crippen LogP) is 2.92. The number of ether oxygens (including phenoxy) is 1. The van der Waals surface area contributed by atoms with Crippen molar-refractivity contribution in [3.05, 3.63) is 56.9 Å². The van der Waals surface area contributed by atoms with Crippen LogP contribution in [0.2, 0.25) is 0 Å². The number of amides is 1. The van der Waals surface area contributed by atoms with Gasteiger partial charge >= 0.3 is 11.7 Å². The Bertz CT molecular complexity index is 916. The van der Waals surface area contributed by atoms with E-state index in [1.807, 2.05) is 20.8 Å².